The Morgan fingerprint density at radius 1 is 0.923 bits per heavy atom. The van der Waals surface area contributed by atoms with Crippen molar-refractivity contribution in [2.45, 2.75) is 22.6 Å². The van der Waals surface area contributed by atoms with Crippen LogP contribution in [0.5, 0.6) is 0 Å². The van der Waals surface area contributed by atoms with E-state index in [1.54, 1.807) is 23.9 Å². The molecule has 0 fully saturated rings. The van der Waals surface area contributed by atoms with Crippen LogP contribution in [-0.2, 0) is 11.2 Å². The van der Waals surface area contributed by atoms with Crippen LogP contribution < -0.4 is 5.32 Å². The molecule has 0 aliphatic carbocycles. The summed E-state index contributed by atoms with van der Waals surface area (Å²) in [6, 6.07) is 23.2. The number of anilines is 1. The molecule has 0 atom stereocenters. The van der Waals surface area contributed by atoms with E-state index < -0.39 is 0 Å². The first-order chi connectivity index (χ1) is 12.6. The van der Waals surface area contributed by atoms with E-state index in [0.29, 0.717) is 22.9 Å². The van der Waals surface area contributed by atoms with Gasteiger partial charge in [0, 0.05) is 26.3 Å². The van der Waals surface area contributed by atoms with Gasteiger partial charge in [0.2, 0.25) is 5.91 Å². The maximum Gasteiger partial charge on any atom is 0.224 e. The van der Waals surface area contributed by atoms with Crippen LogP contribution in [0.4, 0.5) is 5.69 Å². The third-order valence-corrected chi connectivity index (χ3v) is 5.44. The zero-order valence-corrected chi connectivity index (χ0v) is 16.2. The van der Waals surface area contributed by atoms with E-state index in [1.165, 1.54) is 0 Å². The van der Waals surface area contributed by atoms with Crippen molar-refractivity contribution in [3.05, 3.63) is 88.4 Å². The lowest BCUT2D eigenvalue weighted by Gasteiger charge is -2.11. The fraction of sp³-hybridized carbons (Fsp3) is 0.0952. The van der Waals surface area contributed by atoms with Gasteiger partial charge in [-0.1, -0.05) is 71.4 Å². The van der Waals surface area contributed by atoms with E-state index in [4.69, 9.17) is 23.2 Å². The predicted octanol–water partition coefficient (Wildman–Crippen LogP) is 6.72. The average Bonchev–Trinajstić information content (AvgIpc) is 2.63. The molecule has 3 aromatic rings. The second kappa shape index (κ2) is 9.13. The topological polar surface area (TPSA) is 29.1 Å². The Kier molecular flexibility index (Phi) is 6.62. The summed E-state index contributed by atoms with van der Waals surface area (Å²) < 4.78 is 0. The van der Waals surface area contributed by atoms with Crippen molar-refractivity contribution >= 4 is 46.6 Å². The minimum atomic E-state index is -0.0443. The molecule has 0 saturated heterocycles. The summed E-state index contributed by atoms with van der Waals surface area (Å²) in [7, 11) is 0. The van der Waals surface area contributed by atoms with Gasteiger partial charge in [0.05, 0.1) is 5.69 Å². The summed E-state index contributed by atoms with van der Waals surface area (Å²) in [5.74, 6) is -0.0443. The number of nitrogens with one attached hydrogen (secondary N) is 1. The molecule has 0 aromatic heterocycles. The Morgan fingerprint density at radius 2 is 1.65 bits per heavy atom. The fourth-order valence-electron chi connectivity index (χ4n) is 2.46. The van der Waals surface area contributed by atoms with Crippen LogP contribution in [0.3, 0.4) is 0 Å². The first-order valence-electron chi connectivity index (χ1n) is 8.17. The number of carbonyl (C=O) groups excluding carboxylic acids is 1. The summed E-state index contributed by atoms with van der Waals surface area (Å²) in [5, 5.41) is 4.18. The lowest BCUT2D eigenvalue weighted by molar-refractivity contribution is -0.116. The van der Waals surface area contributed by atoms with Crippen LogP contribution in [0.2, 0.25) is 10.0 Å². The number of aryl methyl sites for hydroxylation is 1. The van der Waals surface area contributed by atoms with Crippen molar-refractivity contribution < 1.29 is 4.79 Å². The Morgan fingerprint density at radius 3 is 2.42 bits per heavy atom. The molecule has 132 valence electrons. The smallest absolute Gasteiger partial charge is 0.224 e. The highest BCUT2D eigenvalue weighted by Gasteiger charge is 2.09. The first-order valence-corrected chi connectivity index (χ1v) is 9.75. The van der Waals surface area contributed by atoms with E-state index in [2.05, 4.69) is 5.32 Å². The second-order valence-electron chi connectivity index (χ2n) is 5.70. The normalized spacial score (nSPS) is 10.5. The molecule has 0 spiro atoms. The zero-order valence-electron chi connectivity index (χ0n) is 13.9. The zero-order chi connectivity index (χ0) is 18.4. The second-order valence-corrected chi connectivity index (χ2v) is 7.65. The molecule has 0 radical (unpaired) electrons. The minimum Gasteiger partial charge on any atom is -0.325 e. The van der Waals surface area contributed by atoms with E-state index >= 15 is 0 Å². The van der Waals surface area contributed by atoms with Crippen LogP contribution in [0.1, 0.15) is 12.0 Å². The fourth-order valence-corrected chi connectivity index (χ4v) is 3.89. The van der Waals surface area contributed by atoms with Crippen molar-refractivity contribution in [2.75, 3.05) is 5.32 Å². The average molecular weight is 402 g/mol. The van der Waals surface area contributed by atoms with E-state index in [-0.39, 0.29) is 5.91 Å². The molecule has 3 rings (SSSR count). The van der Waals surface area contributed by atoms with Gasteiger partial charge in [-0.25, -0.2) is 0 Å². The maximum atomic E-state index is 12.4. The summed E-state index contributed by atoms with van der Waals surface area (Å²) in [6.45, 7) is 0. The van der Waals surface area contributed by atoms with Crippen LogP contribution in [0, 0.1) is 0 Å². The van der Waals surface area contributed by atoms with Crippen molar-refractivity contribution in [2.24, 2.45) is 0 Å². The van der Waals surface area contributed by atoms with Crippen molar-refractivity contribution in [3.8, 4) is 0 Å². The number of benzene rings is 3. The molecular formula is C21H17Cl2NOS. The van der Waals surface area contributed by atoms with Gasteiger partial charge in [-0.05, 0) is 48.4 Å². The van der Waals surface area contributed by atoms with Crippen molar-refractivity contribution in [1.82, 2.24) is 0 Å². The van der Waals surface area contributed by atoms with Gasteiger partial charge in [-0.2, -0.15) is 0 Å². The number of halogens is 2. The largest absolute Gasteiger partial charge is 0.325 e. The minimum absolute atomic E-state index is 0.0443. The van der Waals surface area contributed by atoms with Crippen LogP contribution >= 0.6 is 35.0 Å². The van der Waals surface area contributed by atoms with E-state index in [9.17, 15) is 4.79 Å². The Labute approximate surface area is 167 Å². The molecule has 0 aliphatic rings. The van der Waals surface area contributed by atoms with Gasteiger partial charge in [-0.15, -0.1) is 0 Å². The van der Waals surface area contributed by atoms with Gasteiger partial charge >= 0.3 is 0 Å². The van der Waals surface area contributed by atoms with Crippen molar-refractivity contribution in [1.29, 1.82) is 0 Å². The van der Waals surface area contributed by atoms with E-state index in [0.717, 1.165) is 21.0 Å². The number of para-hydroxylation sites is 1. The standard InChI is InChI=1S/C21H17Cl2NOS/c22-16-12-10-15(18(23)14-16)11-13-21(25)24-19-8-4-5-9-20(19)26-17-6-2-1-3-7-17/h1-10,12,14H,11,13H2,(H,24,25). The third-order valence-electron chi connectivity index (χ3n) is 3.77. The lowest BCUT2D eigenvalue weighted by atomic mass is 10.1. The predicted molar refractivity (Wildman–Crippen MR) is 110 cm³/mol. The highest BCUT2D eigenvalue weighted by molar-refractivity contribution is 7.99. The summed E-state index contributed by atoms with van der Waals surface area (Å²) in [5.41, 5.74) is 1.73. The molecular weight excluding hydrogens is 385 g/mol. The van der Waals surface area contributed by atoms with Crippen LogP contribution in [0.25, 0.3) is 0 Å². The molecule has 0 bridgehead atoms. The van der Waals surface area contributed by atoms with Crippen LogP contribution in [0.15, 0.2) is 82.6 Å². The van der Waals surface area contributed by atoms with Gasteiger partial charge in [0.15, 0.2) is 0 Å². The SMILES string of the molecule is O=C(CCc1ccc(Cl)cc1Cl)Nc1ccccc1Sc1ccccc1. The Bertz CT molecular complexity index is 900. The van der Waals surface area contributed by atoms with Crippen LogP contribution in [-0.4, -0.2) is 5.91 Å². The first kappa shape index (κ1) is 18.8. The molecule has 0 heterocycles. The van der Waals surface area contributed by atoms with Gasteiger partial charge < -0.3 is 5.32 Å². The highest BCUT2D eigenvalue weighted by Crippen LogP contribution is 2.33. The number of hydrogen-bond donors (Lipinski definition) is 1. The summed E-state index contributed by atoms with van der Waals surface area (Å²) in [4.78, 5) is 14.5. The van der Waals surface area contributed by atoms with Gasteiger partial charge in [-0.3, -0.25) is 4.79 Å². The van der Waals surface area contributed by atoms with E-state index in [1.807, 2.05) is 60.7 Å². The molecule has 1 amide bonds. The maximum absolute atomic E-state index is 12.4. The molecule has 5 heteroatoms. The van der Waals surface area contributed by atoms with Crippen molar-refractivity contribution in [3.63, 3.8) is 0 Å². The molecule has 0 saturated carbocycles. The summed E-state index contributed by atoms with van der Waals surface area (Å²) in [6.07, 6.45) is 0.918. The summed E-state index contributed by atoms with van der Waals surface area (Å²) >= 11 is 13.7. The van der Waals surface area contributed by atoms with Gasteiger partial charge in [0.1, 0.15) is 0 Å². The molecule has 0 unspecified atom stereocenters. The molecule has 0 aliphatic heterocycles. The third kappa shape index (κ3) is 5.28. The molecule has 26 heavy (non-hydrogen) atoms. The number of carbonyl (C=O) groups is 1. The number of hydrogen-bond acceptors (Lipinski definition) is 2. The molecule has 1 N–H and O–H groups in total. The number of rotatable bonds is 6. The van der Waals surface area contributed by atoms with Gasteiger partial charge in [0.25, 0.3) is 0 Å². The lowest BCUT2D eigenvalue weighted by Crippen LogP contribution is -2.13. The molecule has 2 nitrogen and oxygen atoms in total. The highest BCUT2D eigenvalue weighted by atomic mass is 35.5. The monoisotopic (exact) mass is 401 g/mol. The quantitative estimate of drug-likeness (QED) is 0.496. The number of amides is 1. The Balaban J connectivity index is 1.64. The molecule has 3 aromatic carbocycles. The Hall–Kier alpha value is -1.94.